The van der Waals surface area contributed by atoms with Crippen LogP contribution in [0.25, 0.3) is 10.9 Å². The number of aryl methyl sites for hydroxylation is 1. The number of fused-ring (bicyclic) bond motifs is 1. The van der Waals surface area contributed by atoms with Crippen molar-refractivity contribution in [2.24, 2.45) is 0 Å². The third-order valence-corrected chi connectivity index (χ3v) is 5.40. The van der Waals surface area contributed by atoms with Crippen LogP contribution in [0.1, 0.15) is 11.3 Å². The Morgan fingerprint density at radius 1 is 0.889 bits per heavy atom. The maximum absolute atomic E-state index is 13.1. The Balaban J connectivity index is 1.67. The van der Waals surface area contributed by atoms with Gasteiger partial charge in [0.25, 0.3) is 5.56 Å². The largest absolute Gasteiger partial charge is 0.287 e. The van der Waals surface area contributed by atoms with E-state index in [-0.39, 0.29) is 5.56 Å². The highest BCUT2D eigenvalue weighted by Gasteiger charge is 2.12. The molecule has 27 heavy (non-hydrogen) atoms. The molecule has 0 atom stereocenters. The normalized spacial score (nSPS) is 11.0. The Labute approximate surface area is 161 Å². The van der Waals surface area contributed by atoms with Crippen molar-refractivity contribution < 1.29 is 0 Å². The predicted octanol–water partition coefficient (Wildman–Crippen LogP) is 4.33. The van der Waals surface area contributed by atoms with E-state index in [0.717, 1.165) is 22.1 Å². The van der Waals surface area contributed by atoms with Crippen LogP contribution in [0.2, 0.25) is 0 Å². The lowest BCUT2D eigenvalue weighted by molar-refractivity contribution is 0.590. The summed E-state index contributed by atoms with van der Waals surface area (Å²) in [6.45, 7) is 0.560. The fourth-order valence-electron chi connectivity index (χ4n) is 2.95. The highest BCUT2D eigenvalue weighted by atomic mass is 32.2. The first kappa shape index (κ1) is 17.5. The number of rotatable bonds is 6. The molecule has 0 saturated carbocycles. The van der Waals surface area contributed by atoms with Crippen LogP contribution in [0.4, 0.5) is 0 Å². The van der Waals surface area contributed by atoms with Gasteiger partial charge in [-0.15, -0.1) is 0 Å². The highest BCUT2D eigenvalue weighted by molar-refractivity contribution is 7.98. The average molecular weight is 373 g/mol. The number of para-hydroxylation sites is 1. The van der Waals surface area contributed by atoms with Gasteiger partial charge in [-0.1, -0.05) is 60.3 Å². The molecule has 0 fully saturated rings. The van der Waals surface area contributed by atoms with Crippen molar-refractivity contribution in [1.29, 1.82) is 0 Å². The minimum Gasteiger partial charge on any atom is -0.287 e. The first-order chi connectivity index (χ1) is 13.3. The number of hydrogen-bond acceptors (Lipinski definition) is 4. The summed E-state index contributed by atoms with van der Waals surface area (Å²) in [6, 6.07) is 23.6. The standard InChI is InChI=1S/C22H19N3OS/c26-21-19-11-4-5-12-20(19)24-22(27-16-17-8-2-1-3-9-17)25(21)15-13-18-10-6-7-14-23-18/h1-12,14H,13,15-16H2. The number of thioether (sulfide) groups is 1. The van der Waals surface area contributed by atoms with Crippen LogP contribution in [0.15, 0.2) is 88.9 Å². The number of pyridine rings is 1. The molecule has 0 amide bonds. The van der Waals surface area contributed by atoms with Crippen molar-refractivity contribution in [1.82, 2.24) is 14.5 Å². The van der Waals surface area contributed by atoms with E-state index in [1.165, 1.54) is 5.56 Å². The molecule has 2 aromatic carbocycles. The summed E-state index contributed by atoms with van der Waals surface area (Å²) < 4.78 is 1.78. The zero-order chi connectivity index (χ0) is 18.5. The Morgan fingerprint density at radius 2 is 1.67 bits per heavy atom. The van der Waals surface area contributed by atoms with Gasteiger partial charge in [-0.25, -0.2) is 4.98 Å². The summed E-state index contributed by atoms with van der Waals surface area (Å²) in [5.74, 6) is 0.773. The lowest BCUT2D eigenvalue weighted by atomic mass is 10.2. The van der Waals surface area contributed by atoms with E-state index in [1.54, 1.807) is 22.5 Å². The predicted molar refractivity (Wildman–Crippen MR) is 110 cm³/mol. The van der Waals surface area contributed by atoms with E-state index in [4.69, 9.17) is 4.98 Å². The summed E-state index contributed by atoms with van der Waals surface area (Å²) in [5, 5.41) is 1.40. The fourth-order valence-corrected chi connectivity index (χ4v) is 3.93. The van der Waals surface area contributed by atoms with E-state index in [1.807, 2.05) is 60.7 Å². The van der Waals surface area contributed by atoms with Crippen molar-refractivity contribution in [3.8, 4) is 0 Å². The molecule has 4 nitrogen and oxygen atoms in total. The lowest BCUT2D eigenvalue weighted by Gasteiger charge is -2.13. The Bertz CT molecular complexity index is 1090. The van der Waals surface area contributed by atoms with Crippen LogP contribution < -0.4 is 5.56 Å². The number of nitrogens with zero attached hydrogens (tertiary/aromatic N) is 3. The van der Waals surface area contributed by atoms with E-state index in [9.17, 15) is 4.79 Å². The Hall–Kier alpha value is -2.92. The van der Waals surface area contributed by atoms with Crippen LogP contribution in [0.3, 0.4) is 0 Å². The molecule has 0 unspecified atom stereocenters. The number of aromatic nitrogens is 3. The summed E-state index contributed by atoms with van der Waals surface area (Å²) in [5.41, 5.74) is 2.93. The minimum absolute atomic E-state index is 0.00657. The monoisotopic (exact) mass is 373 g/mol. The van der Waals surface area contributed by atoms with Crippen LogP contribution in [0.5, 0.6) is 0 Å². The van der Waals surface area contributed by atoms with E-state index >= 15 is 0 Å². The molecule has 2 heterocycles. The quantitative estimate of drug-likeness (QED) is 0.373. The van der Waals surface area contributed by atoms with Gasteiger partial charge in [-0.2, -0.15) is 0 Å². The fraction of sp³-hybridized carbons (Fsp3) is 0.136. The van der Waals surface area contributed by atoms with Crippen LogP contribution in [-0.4, -0.2) is 14.5 Å². The van der Waals surface area contributed by atoms with Crippen molar-refractivity contribution >= 4 is 22.7 Å². The van der Waals surface area contributed by atoms with Crippen molar-refractivity contribution in [3.63, 3.8) is 0 Å². The van der Waals surface area contributed by atoms with Gasteiger partial charge in [0.05, 0.1) is 10.9 Å². The smallest absolute Gasteiger partial charge is 0.262 e. The second-order valence-corrected chi connectivity index (χ2v) is 7.16. The summed E-state index contributed by atoms with van der Waals surface area (Å²) in [6.07, 6.45) is 2.47. The van der Waals surface area contributed by atoms with Gasteiger partial charge < -0.3 is 0 Å². The maximum Gasteiger partial charge on any atom is 0.262 e. The molecular formula is C22H19N3OS. The van der Waals surface area contributed by atoms with Gasteiger partial charge in [0.15, 0.2) is 5.16 Å². The molecule has 0 spiro atoms. The number of benzene rings is 2. The van der Waals surface area contributed by atoms with Crippen LogP contribution in [0, 0.1) is 0 Å². The van der Waals surface area contributed by atoms with Gasteiger partial charge in [0.2, 0.25) is 0 Å². The first-order valence-electron chi connectivity index (χ1n) is 8.87. The third kappa shape index (κ3) is 4.09. The van der Waals surface area contributed by atoms with Gasteiger partial charge in [-0.05, 0) is 29.8 Å². The maximum atomic E-state index is 13.1. The third-order valence-electron chi connectivity index (χ3n) is 4.36. The van der Waals surface area contributed by atoms with Gasteiger partial charge in [0.1, 0.15) is 0 Å². The molecule has 4 aromatic rings. The van der Waals surface area contributed by atoms with Gasteiger partial charge in [-0.3, -0.25) is 14.3 Å². The second kappa shape index (κ2) is 8.18. The van der Waals surface area contributed by atoms with E-state index in [2.05, 4.69) is 17.1 Å². The SMILES string of the molecule is O=c1c2ccccc2nc(SCc2ccccc2)n1CCc1ccccn1. The van der Waals surface area contributed by atoms with E-state index in [0.29, 0.717) is 18.4 Å². The Kier molecular flexibility index (Phi) is 5.30. The highest BCUT2D eigenvalue weighted by Crippen LogP contribution is 2.22. The molecule has 5 heteroatoms. The van der Waals surface area contributed by atoms with Crippen molar-refractivity contribution in [3.05, 3.63) is 101 Å². The molecule has 4 rings (SSSR count). The van der Waals surface area contributed by atoms with Crippen LogP contribution >= 0.6 is 11.8 Å². The molecule has 0 aliphatic heterocycles. The lowest BCUT2D eigenvalue weighted by Crippen LogP contribution is -2.24. The van der Waals surface area contributed by atoms with E-state index < -0.39 is 0 Å². The molecule has 0 aliphatic rings. The zero-order valence-corrected chi connectivity index (χ0v) is 15.6. The van der Waals surface area contributed by atoms with Crippen molar-refractivity contribution in [2.75, 3.05) is 0 Å². The van der Waals surface area contributed by atoms with Gasteiger partial charge in [0, 0.05) is 30.6 Å². The summed E-state index contributed by atoms with van der Waals surface area (Å²) in [4.78, 5) is 22.2. The summed E-state index contributed by atoms with van der Waals surface area (Å²) >= 11 is 1.60. The molecule has 0 bridgehead atoms. The molecule has 134 valence electrons. The molecule has 2 aromatic heterocycles. The minimum atomic E-state index is 0.00657. The summed E-state index contributed by atoms with van der Waals surface area (Å²) in [7, 11) is 0. The van der Waals surface area contributed by atoms with Crippen molar-refractivity contribution in [2.45, 2.75) is 23.9 Å². The zero-order valence-electron chi connectivity index (χ0n) is 14.8. The van der Waals surface area contributed by atoms with Crippen LogP contribution in [-0.2, 0) is 18.7 Å². The molecule has 0 aliphatic carbocycles. The van der Waals surface area contributed by atoms with Gasteiger partial charge >= 0.3 is 0 Å². The first-order valence-corrected chi connectivity index (χ1v) is 9.86. The molecular weight excluding hydrogens is 354 g/mol. The second-order valence-electron chi connectivity index (χ2n) is 6.21. The molecule has 0 saturated heterocycles. The number of hydrogen-bond donors (Lipinski definition) is 0. The molecule has 0 radical (unpaired) electrons. The average Bonchev–Trinajstić information content (AvgIpc) is 2.73. The topological polar surface area (TPSA) is 47.8 Å². The Morgan fingerprint density at radius 3 is 2.48 bits per heavy atom. The molecule has 0 N–H and O–H groups in total.